The first-order valence-corrected chi connectivity index (χ1v) is 8.41. The third kappa shape index (κ3) is 2.40. The van der Waals surface area contributed by atoms with Crippen LogP contribution in [-0.2, 0) is 0 Å². The van der Waals surface area contributed by atoms with Crippen molar-refractivity contribution in [1.29, 1.82) is 0 Å². The molecule has 3 nitrogen and oxygen atoms in total. The summed E-state index contributed by atoms with van der Waals surface area (Å²) in [7, 11) is 1.72. The van der Waals surface area contributed by atoms with E-state index in [0.717, 1.165) is 25.4 Å². The zero-order chi connectivity index (χ0) is 16.0. The van der Waals surface area contributed by atoms with E-state index >= 15 is 0 Å². The number of rotatable bonds is 2. The molecule has 0 bridgehead atoms. The van der Waals surface area contributed by atoms with E-state index in [-0.39, 0.29) is 0 Å². The highest BCUT2D eigenvalue weighted by molar-refractivity contribution is 5.75. The summed E-state index contributed by atoms with van der Waals surface area (Å²) in [6.45, 7) is 7.69. The second kappa shape index (κ2) is 5.57. The minimum atomic E-state index is 0.642. The topological polar surface area (TPSA) is 33.3 Å². The van der Waals surface area contributed by atoms with Gasteiger partial charge in [-0.3, -0.25) is 0 Å². The molecule has 120 valence electrons. The third-order valence-corrected chi connectivity index (χ3v) is 5.39. The van der Waals surface area contributed by atoms with Crippen molar-refractivity contribution in [1.82, 2.24) is 5.32 Å². The van der Waals surface area contributed by atoms with Gasteiger partial charge in [-0.25, -0.2) is 0 Å². The fourth-order valence-electron chi connectivity index (χ4n) is 4.14. The monoisotopic (exact) mass is 308 g/mol. The molecule has 0 saturated carbocycles. The van der Waals surface area contributed by atoms with E-state index in [1.54, 1.807) is 7.11 Å². The van der Waals surface area contributed by atoms with Crippen LogP contribution in [0.25, 0.3) is 11.1 Å². The Morgan fingerprint density at radius 1 is 1.00 bits per heavy atom. The SMILES string of the molecule is COc1ccc(-c2cc(C)c3c(c2)[C@H]2CNC[C@H]2CN3)c(C)c1. The van der Waals surface area contributed by atoms with Gasteiger partial charge in [0.25, 0.3) is 0 Å². The second-order valence-electron chi connectivity index (χ2n) is 6.84. The fraction of sp³-hybridized carbons (Fsp3) is 0.400. The normalized spacial score (nSPS) is 22.2. The zero-order valence-corrected chi connectivity index (χ0v) is 14.1. The summed E-state index contributed by atoms with van der Waals surface area (Å²) < 4.78 is 5.34. The van der Waals surface area contributed by atoms with Gasteiger partial charge in [-0.15, -0.1) is 0 Å². The average Bonchev–Trinajstić information content (AvgIpc) is 3.03. The molecule has 0 aliphatic carbocycles. The molecule has 0 amide bonds. The lowest BCUT2D eigenvalue weighted by Gasteiger charge is -2.31. The first kappa shape index (κ1) is 14.6. The molecule has 2 aliphatic heterocycles. The van der Waals surface area contributed by atoms with E-state index in [1.807, 2.05) is 0 Å². The lowest BCUT2D eigenvalue weighted by Crippen LogP contribution is -2.27. The number of hydrogen-bond acceptors (Lipinski definition) is 3. The molecule has 0 aromatic heterocycles. The summed E-state index contributed by atoms with van der Waals surface area (Å²) in [5.74, 6) is 2.28. The van der Waals surface area contributed by atoms with Gasteiger partial charge in [0.05, 0.1) is 7.11 Å². The molecular weight excluding hydrogens is 284 g/mol. The second-order valence-corrected chi connectivity index (χ2v) is 6.84. The quantitative estimate of drug-likeness (QED) is 0.887. The van der Waals surface area contributed by atoms with Crippen molar-refractivity contribution in [2.75, 3.05) is 32.1 Å². The van der Waals surface area contributed by atoms with Crippen molar-refractivity contribution in [3.05, 3.63) is 47.0 Å². The minimum Gasteiger partial charge on any atom is -0.497 e. The summed E-state index contributed by atoms with van der Waals surface area (Å²) in [6, 6.07) is 11.0. The van der Waals surface area contributed by atoms with E-state index < -0.39 is 0 Å². The molecule has 2 N–H and O–H groups in total. The maximum Gasteiger partial charge on any atom is 0.119 e. The summed E-state index contributed by atoms with van der Waals surface area (Å²) in [5.41, 5.74) is 8.05. The summed E-state index contributed by atoms with van der Waals surface area (Å²) >= 11 is 0. The maximum absolute atomic E-state index is 5.34. The molecule has 2 heterocycles. The van der Waals surface area contributed by atoms with Gasteiger partial charge < -0.3 is 15.4 Å². The number of benzene rings is 2. The first-order chi connectivity index (χ1) is 11.2. The van der Waals surface area contributed by atoms with Crippen molar-refractivity contribution >= 4 is 5.69 Å². The fourth-order valence-corrected chi connectivity index (χ4v) is 4.14. The molecule has 2 atom stereocenters. The van der Waals surface area contributed by atoms with E-state index in [9.17, 15) is 0 Å². The van der Waals surface area contributed by atoms with Gasteiger partial charge in [0.2, 0.25) is 0 Å². The van der Waals surface area contributed by atoms with Crippen LogP contribution in [0.15, 0.2) is 30.3 Å². The minimum absolute atomic E-state index is 0.642. The molecule has 2 aliphatic rings. The Labute approximate surface area is 138 Å². The van der Waals surface area contributed by atoms with Crippen molar-refractivity contribution < 1.29 is 4.74 Å². The van der Waals surface area contributed by atoms with E-state index in [2.05, 4.69) is 54.8 Å². The molecule has 1 fully saturated rings. The van der Waals surface area contributed by atoms with Crippen molar-refractivity contribution in [2.45, 2.75) is 19.8 Å². The van der Waals surface area contributed by atoms with Crippen molar-refractivity contribution in [3.8, 4) is 16.9 Å². The Morgan fingerprint density at radius 3 is 2.65 bits per heavy atom. The Kier molecular flexibility index (Phi) is 3.53. The van der Waals surface area contributed by atoms with Gasteiger partial charge >= 0.3 is 0 Å². The maximum atomic E-state index is 5.34. The zero-order valence-electron chi connectivity index (χ0n) is 14.1. The average molecular weight is 308 g/mol. The van der Waals surface area contributed by atoms with Gasteiger partial charge in [0.1, 0.15) is 5.75 Å². The van der Waals surface area contributed by atoms with E-state index in [0.29, 0.717) is 11.8 Å². The van der Waals surface area contributed by atoms with E-state index in [4.69, 9.17) is 4.74 Å². The molecule has 4 rings (SSSR count). The molecule has 0 spiro atoms. The van der Waals surface area contributed by atoms with Crippen molar-refractivity contribution in [2.24, 2.45) is 5.92 Å². The Balaban J connectivity index is 1.82. The number of nitrogens with one attached hydrogen (secondary N) is 2. The highest BCUT2D eigenvalue weighted by atomic mass is 16.5. The molecule has 3 heteroatoms. The molecule has 2 aromatic carbocycles. The Bertz CT molecular complexity index is 754. The van der Waals surface area contributed by atoms with Gasteiger partial charge in [0, 0.05) is 31.2 Å². The standard InChI is InChI=1S/C20H24N2O/c1-12-7-16(23-3)4-5-17(12)14-6-13(2)20-18(8-14)19-11-21-9-15(19)10-22-20/h4-8,15,19,21-22H,9-11H2,1-3H3/t15-,19-/m0/s1. The number of methoxy groups -OCH3 is 1. The molecular formula is C20H24N2O. The van der Waals surface area contributed by atoms with Crippen LogP contribution in [0.4, 0.5) is 5.69 Å². The summed E-state index contributed by atoms with van der Waals surface area (Å²) in [6.07, 6.45) is 0. The van der Waals surface area contributed by atoms with Crippen LogP contribution >= 0.6 is 0 Å². The van der Waals surface area contributed by atoms with E-state index in [1.165, 1.54) is 33.5 Å². The Hall–Kier alpha value is -2.00. The highest BCUT2D eigenvalue weighted by Gasteiger charge is 2.34. The van der Waals surface area contributed by atoms with Gasteiger partial charge in [0.15, 0.2) is 0 Å². The molecule has 23 heavy (non-hydrogen) atoms. The van der Waals surface area contributed by atoms with Crippen LogP contribution in [0.1, 0.15) is 22.6 Å². The van der Waals surface area contributed by atoms with Crippen LogP contribution in [0.2, 0.25) is 0 Å². The Morgan fingerprint density at radius 2 is 1.87 bits per heavy atom. The first-order valence-electron chi connectivity index (χ1n) is 8.41. The lowest BCUT2D eigenvalue weighted by atomic mass is 9.81. The summed E-state index contributed by atoms with van der Waals surface area (Å²) in [5, 5.41) is 7.21. The lowest BCUT2D eigenvalue weighted by molar-refractivity contribution is 0.414. The molecule has 1 saturated heterocycles. The number of anilines is 1. The van der Waals surface area contributed by atoms with Crippen LogP contribution in [-0.4, -0.2) is 26.7 Å². The number of ether oxygens (including phenoxy) is 1. The molecule has 2 aromatic rings. The van der Waals surface area contributed by atoms with Crippen molar-refractivity contribution in [3.63, 3.8) is 0 Å². The predicted octanol–water partition coefficient (Wildman–Crippen LogP) is 3.71. The van der Waals surface area contributed by atoms with Gasteiger partial charge in [-0.2, -0.15) is 0 Å². The largest absolute Gasteiger partial charge is 0.497 e. The van der Waals surface area contributed by atoms with Crippen LogP contribution < -0.4 is 15.4 Å². The van der Waals surface area contributed by atoms with Gasteiger partial charge in [-0.1, -0.05) is 6.07 Å². The molecule has 0 unspecified atom stereocenters. The van der Waals surface area contributed by atoms with Crippen LogP contribution in [0.3, 0.4) is 0 Å². The number of hydrogen-bond donors (Lipinski definition) is 2. The highest BCUT2D eigenvalue weighted by Crippen LogP contribution is 2.42. The smallest absolute Gasteiger partial charge is 0.119 e. The van der Waals surface area contributed by atoms with Gasteiger partial charge in [-0.05, 0) is 71.8 Å². The number of aryl methyl sites for hydroxylation is 2. The predicted molar refractivity (Wildman–Crippen MR) is 95.5 cm³/mol. The third-order valence-electron chi connectivity index (χ3n) is 5.39. The number of fused-ring (bicyclic) bond motifs is 3. The van der Waals surface area contributed by atoms with Crippen LogP contribution in [0, 0.1) is 19.8 Å². The summed E-state index contributed by atoms with van der Waals surface area (Å²) in [4.78, 5) is 0. The molecule has 0 radical (unpaired) electrons. The van der Waals surface area contributed by atoms with Crippen LogP contribution in [0.5, 0.6) is 5.75 Å².